The van der Waals surface area contributed by atoms with Gasteiger partial charge in [-0.3, -0.25) is 0 Å². The zero-order chi connectivity index (χ0) is 24.4. The summed E-state index contributed by atoms with van der Waals surface area (Å²) in [5, 5.41) is 0. The topological polar surface area (TPSA) is 17.1 Å². The van der Waals surface area contributed by atoms with Crippen LogP contribution in [-0.2, 0) is 4.79 Å². The molecular weight excluding hydrogens is 419 g/mol. The molecule has 0 radical (unpaired) electrons. The largest absolute Gasteiger partial charge is 0.303 e. The average Bonchev–Trinajstić information content (AvgIpc) is 3.07. The molecule has 4 aliphatic carbocycles. The van der Waals surface area contributed by atoms with Crippen molar-refractivity contribution in [2.45, 2.75) is 113 Å². The van der Waals surface area contributed by atoms with Crippen LogP contribution in [0.25, 0.3) is 0 Å². The molecule has 0 N–H and O–H groups in total. The van der Waals surface area contributed by atoms with E-state index in [1.54, 1.807) is 0 Å². The van der Waals surface area contributed by atoms with Crippen LogP contribution in [-0.4, -0.2) is 6.29 Å². The summed E-state index contributed by atoms with van der Waals surface area (Å²) in [4.78, 5) is 11.1. The summed E-state index contributed by atoms with van der Waals surface area (Å²) >= 11 is 0. The highest BCUT2D eigenvalue weighted by Gasteiger charge is 2.69. The molecule has 1 nitrogen and oxygen atoms in total. The summed E-state index contributed by atoms with van der Waals surface area (Å²) in [7, 11) is 2.64. The number of carbonyl (C=O) groups excluding carboxylic acids is 1. The van der Waals surface area contributed by atoms with Crippen LogP contribution in [0.5, 0.6) is 0 Å². The first-order valence-electron chi connectivity index (χ1n) is 13.9. The molecule has 0 bridgehead atoms. The van der Waals surface area contributed by atoms with Crippen molar-refractivity contribution >= 4 is 15.5 Å². The molecule has 0 amide bonds. The van der Waals surface area contributed by atoms with Gasteiger partial charge in [0.1, 0.15) is 6.29 Å². The summed E-state index contributed by atoms with van der Waals surface area (Å²) in [6.07, 6.45) is 12.3. The van der Waals surface area contributed by atoms with Crippen LogP contribution in [0.3, 0.4) is 0 Å². The van der Waals surface area contributed by atoms with E-state index in [-0.39, 0.29) is 5.41 Å². The van der Waals surface area contributed by atoms with Gasteiger partial charge in [-0.25, -0.2) is 0 Å². The Balaban J connectivity index is 1.72. The molecule has 0 saturated heterocycles. The Morgan fingerprint density at radius 2 is 1.67 bits per heavy atom. The molecule has 2 heteroatoms. The highest BCUT2D eigenvalue weighted by Crippen LogP contribution is 2.76. The fraction of sp³-hybridized carbons (Fsp3) is 0.903. The lowest BCUT2D eigenvalue weighted by molar-refractivity contribution is -0.216. The Morgan fingerprint density at radius 1 is 0.970 bits per heavy atom. The third-order valence-electron chi connectivity index (χ3n) is 12.6. The lowest BCUT2D eigenvalue weighted by atomic mass is 9.34. The maximum Gasteiger partial charge on any atom is 0.120 e. The smallest absolute Gasteiger partial charge is 0.120 e. The minimum absolute atomic E-state index is 0.194. The second kappa shape index (κ2) is 8.36. The van der Waals surface area contributed by atoms with E-state index in [1.807, 2.05) is 0 Å². The number of hydrogen-bond donors (Lipinski definition) is 0. The van der Waals surface area contributed by atoms with Crippen LogP contribution in [0.15, 0.2) is 0 Å². The van der Waals surface area contributed by atoms with Crippen LogP contribution in [0.4, 0.5) is 0 Å². The maximum atomic E-state index is 11.1. The van der Waals surface area contributed by atoms with E-state index in [1.165, 1.54) is 44.9 Å². The van der Waals surface area contributed by atoms with Crippen molar-refractivity contribution in [3.8, 4) is 11.6 Å². The summed E-state index contributed by atoms with van der Waals surface area (Å²) in [6, 6.07) is 0. The molecule has 0 spiro atoms. The number of hydrogen-bond acceptors (Lipinski definition) is 1. The summed E-state index contributed by atoms with van der Waals surface area (Å²) in [6.45, 7) is 20.7. The Kier molecular flexibility index (Phi) is 6.52. The van der Waals surface area contributed by atoms with E-state index >= 15 is 0 Å². The first-order chi connectivity index (χ1) is 15.3. The van der Waals surface area contributed by atoms with Gasteiger partial charge in [0.05, 0.1) is 0 Å². The quantitative estimate of drug-likeness (QED) is 0.229. The Morgan fingerprint density at radius 3 is 2.30 bits per heavy atom. The standard InChI is InChI=1S/C31H51OP/c1-21(10-9-16-32)23-11-12-24-26-25(20-28(4,5)31(23,24)8)30(7)14-13-29(6,15-17-33)19-22(30)18-27(26,2)3/h16,21-26H,9-14,18-20,33H2,1-8H3/t21?,22-,23?,24+,25+,26+,29?,30+,31-/m1/s1. The van der Waals surface area contributed by atoms with E-state index in [2.05, 4.69) is 76.2 Å². The molecule has 4 rings (SSSR count). The highest BCUT2D eigenvalue weighted by molar-refractivity contribution is 7.23. The third-order valence-corrected chi connectivity index (χ3v) is 12.7. The zero-order valence-corrected chi connectivity index (χ0v) is 24.0. The third kappa shape index (κ3) is 3.80. The second-order valence-corrected chi connectivity index (χ2v) is 15.2. The predicted octanol–water partition coefficient (Wildman–Crippen LogP) is 8.38. The van der Waals surface area contributed by atoms with Gasteiger partial charge in [0, 0.05) is 11.8 Å². The monoisotopic (exact) mass is 470 g/mol. The summed E-state index contributed by atoms with van der Waals surface area (Å²) < 4.78 is 0. The normalized spacial score (nSPS) is 48.5. The molecule has 186 valence electrons. The molecule has 4 saturated carbocycles. The van der Waals surface area contributed by atoms with Crippen molar-refractivity contribution in [1.29, 1.82) is 0 Å². The zero-order valence-electron chi connectivity index (χ0n) is 22.9. The van der Waals surface area contributed by atoms with Gasteiger partial charge in [-0.1, -0.05) is 69.3 Å². The Bertz CT molecular complexity index is 832. The molecule has 0 aromatic rings. The molecular formula is C31H51OP. The number of fused-ring (bicyclic) bond motifs is 5. The van der Waals surface area contributed by atoms with Crippen LogP contribution in [0.1, 0.15) is 113 Å². The van der Waals surface area contributed by atoms with Gasteiger partial charge < -0.3 is 4.79 Å². The van der Waals surface area contributed by atoms with Crippen LogP contribution in [0.2, 0.25) is 0 Å². The van der Waals surface area contributed by atoms with E-state index in [0.29, 0.717) is 27.6 Å². The second-order valence-electron chi connectivity index (χ2n) is 14.9. The molecule has 10 atom stereocenters. The number of aldehydes is 1. The molecule has 0 aliphatic heterocycles. The Hall–Kier alpha value is -0.340. The van der Waals surface area contributed by atoms with Gasteiger partial charge in [0.2, 0.25) is 0 Å². The Labute approximate surface area is 207 Å². The van der Waals surface area contributed by atoms with Gasteiger partial charge >= 0.3 is 0 Å². The van der Waals surface area contributed by atoms with Crippen molar-refractivity contribution < 1.29 is 4.79 Å². The first kappa shape index (κ1) is 25.7. The van der Waals surface area contributed by atoms with Gasteiger partial charge in [0.15, 0.2) is 0 Å². The average molecular weight is 471 g/mol. The number of rotatable bonds is 4. The van der Waals surface area contributed by atoms with Crippen molar-refractivity contribution in [3.05, 3.63) is 0 Å². The van der Waals surface area contributed by atoms with Gasteiger partial charge in [-0.15, -0.1) is 0 Å². The minimum Gasteiger partial charge on any atom is -0.303 e. The fourth-order valence-corrected chi connectivity index (χ4v) is 10.9. The molecule has 0 heterocycles. The van der Waals surface area contributed by atoms with E-state index in [4.69, 9.17) is 0 Å². The van der Waals surface area contributed by atoms with Gasteiger partial charge in [0.25, 0.3) is 0 Å². The van der Waals surface area contributed by atoms with Crippen LogP contribution >= 0.6 is 9.24 Å². The minimum atomic E-state index is 0.194. The first-order valence-corrected chi connectivity index (χ1v) is 14.5. The van der Waals surface area contributed by atoms with E-state index in [0.717, 1.165) is 48.7 Å². The maximum absolute atomic E-state index is 11.1. The molecule has 4 fully saturated rings. The van der Waals surface area contributed by atoms with Gasteiger partial charge in [-0.05, 0) is 115 Å². The van der Waals surface area contributed by atoms with Crippen molar-refractivity contribution in [2.75, 3.05) is 0 Å². The lowest BCUT2D eigenvalue weighted by Crippen LogP contribution is -2.63. The van der Waals surface area contributed by atoms with Crippen molar-refractivity contribution in [3.63, 3.8) is 0 Å². The van der Waals surface area contributed by atoms with Crippen molar-refractivity contribution in [2.24, 2.45) is 62.6 Å². The van der Waals surface area contributed by atoms with Crippen LogP contribution < -0.4 is 0 Å². The van der Waals surface area contributed by atoms with E-state index in [9.17, 15) is 4.79 Å². The summed E-state index contributed by atoms with van der Waals surface area (Å²) in [5.41, 5.74) is 4.96. The van der Waals surface area contributed by atoms with Crippen molar-refractivity contribution in [1.82, 2.24) is 0 Å². The number of carbonyl (C=O) groups is 1. The lowest BCUT2D eigenvalue weighted by Gasteiger charge is -2.70. The molecule has 0 aromatic carbocycles. The fourth-order valence-electron chi connectivity index (χ4n) is 10.6. The SMILES string of the molecule is CC(CCC=O)C1CC[C@H]2[C@H]3[C@H](CC(C)(C)[C@]12C)[C@@]1(C)CCC(C)(C#CP)C[C@H]1CC3(C)C. The predicted molar refractivity (Wildman–Crippen MR) is 144 cm³/mol. The molecule has 0 aromatic heterocycles. The molecule has 4 aliphatic rings. The van der Waals surface area contributed by atoms with Gasteiger partial charge in [-0.2, -0.15) is 0 Å². The molecule has 33 heavy (non-hydrogen) atoms. The van der Waals surface area contributed by atoms with Crippen LogP contribution in [0, 0.1) is 74.2 Å². The highest BCUT2D eigenvalue weighted by atomic mass is 31.0. The van der Waals surface area contributed by atoms with E-state index < -0.39 is 0 Å². The molecule has 4 unspecified atom stereocenters. The summed E-state index contributed by atoms with van der Waals surface area (Å²) in [5.74, 6) is 8.28.